The molecule has 1 unspecified atom stereocenters. The van der Waals surface area contributed by atoms with Gasteiger partial charge in [0, 0.05) is 40.2 Å². The third-order valence-corrected chi connectivity index (χ3v) is 4.18. The Morgan fingerprint density at radius 3 is 2.87 bits per heavy atom. The molecule has 1 aromatic rings. The number of hydrogen-bond acceptors (Lipinski definition) is 6. The van der Waals surface area contributed by atoms with E-state index in [4.69, 9.17) is 0 Å². The summed E-state index contributed by atoms with van der Waals surface area (Å²) in [6.07, 6.45) is 0.417. The lowest BCUT2D eigenvalue weighted by atomic mass is 10.0. The average molecular weight is 444 g/mol. The number of halogens is 1. The maximum absolute atomic E-state index is 12.0. The van der Waals surface area contributed by atoms with Gasteiger partial charge in [0.2, 0.25) is 5.91 Å². The first-order valence-electron chi connectivity index (χ1n) is 6.67. The van der Waals surface area contributed by atoms with E-state index in [1.54, 1.807) is 25.2 Å². The first kappa shape index (κ1) is 17.6. The number of piperidine rings is 1. The van der Waals surface area contributed by atoms with Gasteiger partial charge in [0.1, 0.15) is 6.04 Å². The predicted molar refractivity (Wildman–Crippen MR) is 98.9 cm³/mol. The van der Waals surface area contributed by atoms with E-state index >= 15 is 0 Å². The molecule has 1 aromatic carbocycles. The minimum Gasteiger partial charge on any atom is -0.386 e. The number of carbonyl (C=O) groups is 2. The number of carbonyl (C=O) groups excluding carboxylic acids is 2. The summed E-state index contributed by atoms with van der Waals surface area (Å²) in [5, 5.41) is 12.2. The SMILES string of the molecule is CNc1cc(C#CSI)ccc1N(N=O)C1CCC(=O)NC1=O. The Morgan fingerprint density at radius 1 is 1.48 bits per heavy atom. The zero-order valence-electron chi connectivity index (χ0n) is 12.1. The second-order valence-electron chi connectivity index (χ2n) is 4.68. The van der Waals surface area contributed by atoms with E-state index in [9.17, 15) is 14.5 Å². The highest BCUT2D eigenvalue weighted by molar-refractivity contribution is 14.2. The Balaban J connectivity index is 2.35. The van der Waals surface area contributed by atoms with E-state index in [2.05, 4.69) is 48.3 Å². The predicted octanol–water partition coefficient (Wildman–Crippen LogP) is 2.41. The van der Waals surface area contributed by atoms with Crippen molar-refractivity contribution in [3.05, 3.63) is 28.7 Å². The summed E-state index contributed by atoms with van der Waals surface area (Å²) in [5.41, 5.74) is 1.86. The third kappa shape index (κ3) is 4.14. The molecule has 0 radical (unpaired) electrons. The lowest BCUT2D eigenvalue weighted by Gasteiger charge is -2.29. The van der Waals surface area contributed by atoms with Crippen LogP contribution in [-0.4, -0.2) is 24.9 Å². The maximum atomic E-state index is 12.0. The third-order valence-electron chi connectivity index (χ3n) is 3.34. The van der Waals surface area contributed by atoms with Gasteiger partial charge >= 0.3 is 0 Å². The summed E-state index contributed by atoms with van der Waals surface area (Å²) in [7, 11) is 3.08. The van der Waals surface area contributed by atoms with Crippen molar-refractivity contribution in [3.63, 3.8) is 0 Å². The van der Waals surface area contributed by atoms with E-state index in [0.717, 1.165) is 10.6 Å². The second-order valence-corrected chi connectivity index (χ2v) is 6.36. The molecule has 23 heavy (non-hydrogen) atoms. The molecule has 1 fully saturated rings. The topological polar surface area (TPSA) is 90.9 Å². The molecule has 2 amide bonds. The summed E-state index contributed by atoms with van der Waals surface area (Å²) in [6, 6.07) is 4.40. The number of imide groups is 1. The molecule has 2 rings (SSSR count). The first-order valence-corrected chi connectivity index (χ1v) is 10.0. The molecule has 1 aliphatic heterocycles. The molecule has 0 saturated carbocycles. The molecule has 7 nitrogen and oxygen atoms in total. The molecule has 1 atom stereocenters. The van der Waals surface area contributed by atoms with Crippen LogP contribution < -0.4 is 15.6 Å². The Hall–Kier alpha value is -1.80. The Kier molecular flexibility index (Phi) is 6.23. The monoisotopic (exact) mass is 444 g/mol. The second kappa shape index (κ2) is 8.16. The van der Waals surface area contributed by atoms with Crippen LogP contribution in [0.4, 0.5) is 11.4 Å². The number of rotatable bonds is 4. The highest BCUT2D eigenvalue weighted by Crippen LogP contribution is 2.30. The minimum atomic E-state index is -0.806. The summed E-state index contributed by atoms with van der Waals surface area (Å²) in [4.78, 5) is 34.5. The molecule has 1 aliphatic rings. The smallest absolute Gasteiger partial charge is 0.251 e. The number of nitroso groups, excluding NO2 is 1. The van der Waals surface area contributed by atoms with E-state index < -0.39 is 11.9 Å². The molecule has 0 bridgehead atoms. The van der Waals surface area contributed by atoms with Gasteiger partial charge in [-0.15, -0.1) is 4.91 Å². The van der Waals surface area contributed by atoms with Crippen LogP contribution in [-0.2, 0) is 9.59 Å². The van der Waals surface area contributed by atoms with Crippen molar-refractivity contribution in [1.82, 2.24) is 5.32 Å². The fourth-order valence-corrected chi connectivity index (χ4v) is 2.76. The van der Waals surface area contributed by atoms with Crippen molar-refractivity contribution in [3.8, 4) is 11.2 Å². The summed E-state index contributed by atoms with van der Waals surface area (Å²) in [6.45, 7) is 0. The van der Waals surface area contributed by atoms with Crippen LogP contribution in [0.2, 0.25) is 0 Å². The lowest BCUT2D eigenvalue weighted by molar-refractivity contribution is -0.134. The molecule has 0 spiro atoms. The molecular weight excluding hydrogens is 431 g/mol. The molecule has 1 heterocycles. The molecule has 0 aromatic heterocycles. The van der Waals surface area contributed by atoms with Gasteiger partial charge in [-0.25, -0.2) is 5.01 Å². The largest absolute Gasteiger partial charge is 0.386 e. The highest BCUT2D eigenvalue weighted by atomic mass is 127. The lowest BCUT2D eigenvalue weighted by Crippen LogP contribution is -2.51. The molecule has 120 valence electrons. The molecule has 1 saturated heterocycles. The van der Waals surface area contributed by atoms with Crippen LogP contribution in [0.15, 0.2) is 23.5 Å². The fourth-order valence-electron chi connectivity index (χ4n) is 2.28. The van der Waals surface area contributed by atoms with Crippen molar-refractivity contribution in [2.45, 2.75) is 18.9 Å². The van der Waals surface area contributed by atoms with Gasteiger partial charge in [0.15, 0.2) is 0 Å². The first-order chi connectivity index (χ1) is 11.1. The van der Waals surface area contributed by atoms with Gasteiger partial charge in [-0.1, -0.05) is 5.92 Å². The number of hydrogen-bond donors (Lipinski definition) is 2. The molecule has 2 N–H and O–H groups in total. The van der Waals surface area contributed by atoms with E-state index in [-0.39, 0.29) is 18.7 Å². The summed E-state index contributed by atoms with van der Waals surface area (Å²) >= 11 is 2.08. The summed E-state index contributed by atoms with van der Waals surface area (Å²) < 4.78 is 0. The fraction of sp³-hybridized carbons (Fsp3) is 0.286. The average Bonchev–Trinajstić information content (AvgIpc) is 2.56. The van der Waals surface area contributed by atoms with Crippen molar-refractivity contribution >= 4 is 53.3 Å². The Morgan fingerprint density at radius 2 is 2.26 bits per heavy atom. The van der Waals surface area contributed by atoms with Crippen LogP contribution >= 0.6 is 30.1 Å². The van der Waals surface area contributed by atoms with Crippen molar-refractivity contribution in [2.75, 3.05) is 17.4 Å². The molecule has 0 aliphatic carbocycles. The number of benzene rings is 1. The number of nitrogens with zero attached hydrogens (tertiary/aromatic N) is 2. The Labute approximate surface area is 149 Å². The Bertz CT molecular complexity index is 701. The maximum Gasteiger partial charge on any atom is 0.251 e. The van der Waals surface area contributed by atoms with E-state index in [1.165, 1.54) is 8.93 Å². The van der Waals surface area contributed by atoms with Crippen LogP contribution in [0.3, 0.4) is 0 Å². The highest BCUT2D eigenvalue weighted by Gasteiger charge is 2.34. The van der Waals surface area contributed by atoms with Gasteiger partial charge in [0.05, 0.1) is 16.7 Å². The quantitative estimate of drug-likeness (QED) is 0.244. The number of nitrogens with one attached hydrogen (secondary N) is 2. The number of amides is 2. The van der Waals surface area contributed by atoms with Gasteiger partial charge in [-0.2, -0.15) is 0 Å². The van der Waals surface area contributed by atoms with E-state index in [0.29, 0.717) is 11.4 Å². The summed E-state index contributed by atoms with van der Waals surface area (Å²) in [5.74, 6) is 2.10. The molecule has 9 heteroatoms. The van der Waals surface area contributed by atoms with Crippen molar-refractivity contribution in [2.24, 2.45) is 5.29 Å². The van der Waals surface area contributed by atoms with Crippen LogP contribution in [0.25, 0.3) is 0 Å². The van der Waals surface area contributed by atoms with E-state index in [1.807, 2.05) is 0 Å². The van der Waals surface area contributed by atoms with Crippen LogP contribution in [0.1, 0.15) is 18.4 Å². The van der Waals surface area contributed by atoms with Crippen molar-refractivity contribution < 1.29 is 9.59 Å². The van der Waals surface area contributed by atoms with Gasteiger partial charge in [-0.05, 0) is 38.8 Å². The molecular formula is C14H13IN4O3S. The van der Waals surface area contributed by atoms with Gasteiger partial charge in [0.25, 0.3) is 5.91 Å². The number of anilines is 2. The van der Waals surface area contributed by atoms with Crippen molar-refractivity contribution in [1.29, 1.82) is 0 Å². The van der Waals surface area contributed by atoms with Gasteiger partial charge < -0.3 is 5.32 Å². The van der Waals surface area contributed by atoms with Gasteiger partial charge in [-0.3, -0.25) is 14.9 Å². The zero-order chi connectivity index (χ0) is 16.8. The standard InChI is InChI=1S/C14H13IN4O3S/c1-16-10-8-9(6-7-23-15)2-3-11(10)19(18-22)12-4-5-13(20)17-14(12)21/h2-3,8,12,16H,4-5H2,1H3,(H,17,20,21). The van der Waals surface area contributed by atoms with Crippen LogP contribution in [0.5, 0.6) is 0 Å². The zero-order valence-corrected chi connectivity index (χ0v) is 15.1. The minimum absolute atomic E-state index is 0.174. The normalized spacial score (nSPS) is 16.9. The van der Waals surface area contributed by atoms with Crippen LogP contribution in [0, 0.1) is 16.1 Å².